The minimum absolute atomic E-state index is 0.213. The molecule has 2 nitrogen and oxygen atoms in total. The zero-order valence-electron chi connectivity index (χ0n) is 21.6. The number of unbranched alkanes of at least 4 members (excludes halogenated alkanes) is 10. The van der Waals surface area contributed by atoms with E-state index in [1.165, 1.54) is 38.5 Å². The van der Waals surface area contributed by atoms with Crippen molar-refractivity contribution in [1.29, 1.82) is 0 Å². The molecule has 2 heteroatoms. The first-order chi connectivity index (χ1) is 16.8. The van der Waals surface area contributed by atoms with Gasteiger partial charge in [-0.05, 0) is 57.4 Å². The molecule has 0 radical (unpaired) electrons. The summed E-state index contributed by atoms with van der Waals surface area (Å²) in [6, 6.07) is 0. The topological polar surface area (TPSA) is 34.1 Å². The Balaban J connectivity index is 3.57. The third-order valence-electron chi connectivity index (χ3n) is 5.26. The van der Waals surface area contributed by atoms with Gasteiger partial charge in [0.05, 0.1) is 0 Å². The fourth-order valence-corrected chi connectivity index (χ4v) is 3.24. The van der Waals surface area contributed by atoms with Crippen LogP contribution < -0.4 is 0 Å². The molecule has 0 spiro atoms. The van der Waals surface area contributed by atoms with Crippen LogP contribution in [0.1, 0.15) is 103 Å². The second-order valence-corrected chi connectivity index (χ2v) is 8.49. The van der Waals surface area contributed by atoms with E-state index in [-0.39, 0.29) is 5.78 Å². The van der Waals surface area contributed by atoms with Crippen LogP contribution in [-0.2, 0) is 9.59 Å². The molecular formula is C32H48O2. The Bertz CT molecular complexity index is 671. The maximum Gasteiger partial charge on any atom is 0.155 e. The molecule has 0 aromatic carbocycles. The average molecular weight is 465 g/mol. The van der Waals surface area contributed by atoms with Crippen molar-refractivity contribution in [2.75, 3.05) is 0 Å². The summed E-state index contributed by atoms with van der Waals surface area (Å²) in [6.07, 6.45) is 45.7. The maximum atomic E-state index is 11.9. The van der Waals surface area contributed by atoms with Crippen molar-refractivity contribution >= 4 is 12.1 Å². The number of ketones is 1. The summed E-state index contributed by atoms with van der Waals surface area (Å²) >= 11 is 0. The summed E-state index contributed by atoms with van der Waals surface area (Å²) in [5.74, 6) is 0.213. The van der Waals surface area contributed by atoms with Gasteiger partial charge in [-0.2, -0.15) is 0 Å². The van der Waals surface area contributed by atoms with Crippen LogP contribution in [0.3, 0.4) is 0 Å². The lowest BCUT2D eigenvalue weighted by atomic mass is 10.1. The monoisotopic (exact) mass is 464 g/mol. The molecule has 0 aliphatic carbocycles. The molecule has 188 valence electrons. The van der Waals surface area contributed by atoms with E-state index in [4.69, 9.17) is 0 Å². The van der Waals surface area contributed by atoms with Gasteiger partial charge in [0, 0.05) is 12.8 Å². The molecule has 0 aliphatic rings. The molecule has 0 bridgehead atoms. The molecule has 0 aromatic rings. The van der Waals surface area contributed by atoms with Gasteiger partial charge in [0.25, 0.3) is 0 Å². The van der Waals surface area contributed by atoms with E-state index in [9.17, 15) is 9.59 Å². The predicted octanol–water partition coefficient (Wildman–Crippen LogP) is 9.52. The van der Waals surface area contributed by atoms with Gasteiger partial charge < -0.3 is 4.79 Å². The SMILES string of the molecule is CCCCCCCC=CC=CC=CCCCCCC(=O)C=CC=CCCCC=CC=CCC=O. The Kier molecular flexibility index (Phi) is 26.5. The van der Waals surface area contributed by atoms with Crippen molar-refractivity contribution in [3.8, 4) is 0 Å². The van der Waals surface area contributed by atoms with E-state index in [0.29, 0.717) is 12.8 Å². The second kappa shape index (κ2) is 28.6. The van der Waals surface area contributed by atoms with Crippen molar-refractivity contribution in [3.05, 3.63) is 85.1 Å². The second-order valence-electron chi connectivity index (χ2n) is 8.49. The smallest absolute Gasteiger partial charge is 0.155 e. The van der Waals surface area contributed by atoms with Crippen molar-refractivity contribution < 1.29 is 9.59 Å². The molecule has 0 unspecified atom stereocenters. The third-order valence-corrected chi connectivity index (χ3v) is 5.26. The minimum Gasteiger partial charge on any atom is -0.303 e. The maximum absolute atomic E-state index is 11.9. The van der Waals surface area contributed by atoms with Crippen LogP contribution in [0.2, 0.25) is 0 Å². The fourth-order valence-electron chi connectivity index (χ4n) is 3.24. The number of carbonyl (C=O) groups is 2. The van der Waals surface area contributed by atoms with Gasteiger partial charge >= 0.3 is 0 Å². The van der Waals surface area contributed by atoms with Gasteiger partial charge in [0.2, 0.25) is 0 Å². The molecule has 0 rings (SSSR count). The number of allylic oxidation sites excluding steroid dienone is 14. The molecule has 0 aliphatic heterocycles. The lowest BCUT2D eigenvalue weighted by Gasteiger charge is -1.96. The lowest BCUT2D eigenvalue weighted by Crippen LogP contribution is -1.91. The van der Waals surface area contributed by atoms with E-state index in [2.05, 4.69) is 55.5 Å². The van der Waals surface area contributed by atoms with Gasteiger partial charge in [-0.15, -0.1) is 0 Å². The highest BCUT2D eigenvalue weighted by atomic mass is 16.1. The molecular weight excluding hydrogens is 416 g/mol. The van der Waals surface area contributed by atoms with Gasteiger partial charge in [-0.1, -0.05) is 118 Å². The highest BCUT2D eigenvalue weighted by Crippen LogP contribution is 2.06. The summed E-state index contributed by atoms with van der Waals surface area (Å²) in [4.78, 5) is 22.0. The summed E-state index contributed by atoms with van der Waals surface area (Å²) in [5, 5.41) is 0. The summed E-state index contributed by atoms with van der Waals surface area (Å²) in [5.41, 5.74) is 0. The first-order valence-corrected chi connectivity index (χ1v) is 13.4. The summed E-state index contributed by atoms with van der Waals surface area (Å²) < 4.78 is 0. The standard InChI is InChI=1S/C32H48O2/c1-2-3-4-5-6-7-8-9-10-11-12-14-17-20-23-26-29-32(34)30-27-24-21-18-15-13-16-19-22-25-28-31-33/h8-12,14,16,19,21-22,24-25,27,30-31H,2-7,13,15,17-18,20,23,26,28-29H2,1H3. The highest BCUT2D eigenvalue weighted by Gasteiger charge is 1.95. The van der Waals surface area contributed by atoms with Crippen LogP contribution >= 0.6 is 0 Å². The first kappa shape index (κ1) is 31.5. The van der Waals surface area contributed by atoms with Gasteiger partial charge in [0.15, 0.2) is 5.78 Å². The Morgan fingerprint density at radius 2 is 1.03 bits per heavy atom. The van der Waals surface area contributed by atoms with Gasteiger partial charge in [0.1, 0.15) is 6.29 Å². The Morgan fingerprint density at radius 1 is 0.529 bits per heavy atom. The highest BCUT2D eigenvalue weighted by molar-refractivity contribution is 5.89. The zero-order chi connectivity index (χ0) is 24.8. The van der Waals surface area contributed by atoms with Crippen molar-refractivity contribution in [3.63, 3.8) is 0 Å². The Labute approximate surface area is 210 Å². The van der Waals surface area contributed by atoms with Crippen molar-refractivity contribution in [1.82, 2.24) is 0 Å². The summed E-state index contributed by atoms with van der Waals surface area (Å²) in [6.45, 7) is 2.25. The van der Waals surface area contributed by atoms with E-state index in [1.807, 2.05) is 30.4 Å². The first-order valence-electron chi connectivity index (χ1n) is 13.4. The number of carbonyl (C=O) groups excluding carboxylic acids is 2. The average Bonchev–Trinajstić information content (AvgIpc) is 2.84. The molecule has 0 atom stereocenters. The van der Waals surface area contributed by atoms with E-state index in [0.717, 1.165) is 51.2 Å². The van der Waals surface area contributed by atoms with Crippen LogP contribution in [0, 0.1) is 0 Å². The quantitative estimate of drug-likeness (QED) is 0.0653. The molecule has 0 saturated carbocycles. The minimum atomic E-state index is 0.213. The van der Waals surface area contributed by atoms with Gasteiger partial charge in [-0.3, -0.25) is 4.79 Å². The molecule has 0 aromatic heterocycles. The van der Waals surface area contributed by atoms with Crippen LogP contribution in [0.15, 0.2) is 85.1 Å². The van der Waals surface area contributed by atoms with E-state index < -0.39 is 0 Å². The Morgan fingerprint density at radius 3 is 1.65 bits per heavy atom. The molecule has 0 heterocycles. The summed E-state index contributed by atoms with van der Waals surface area (Å²) in [7, 11) is 0. The van der Waals surface area contributed by atoms with Crippen LogP contribution in [-0.4, -0.2) is 12.1 Å². The van der Waals surface area contributed by atoms with Crippen LogP contribution in [0.5, 0.6) is 0 Å². The molecule has 0 amide bonds. The number of aldehydes is 1. The molecule has 0 saturated heterocycles. The van der Waals surface area contributed by atoms with E-state index >= 15 is 0 Å². The number of hydrogen-bond acceptors (Lipinski definition) is 2. The predicted molar refractivity (Wildman–Crippen MR) is 150 cm³/mol. The third kappa shape index (κ3) is 27.6. The Hall–Kier alpha value is -2.48. The largest absolute Gasteiger partial charge is 0.303 e. The van der Waals surface area contributed by atoms with E-state index in [1.54, 1.807) is 6.08 Å². The number of hydrogen-bond donors (Lipinski definition) is 0. The van der Waals surface area contributed by atoms with Crippen LogP contribution in [0.4, 0.5) is 0 Å². The fraction of sp³-hybridized carbons (Fsp3) is 0.500. The molecule has 0 fully saturated rings. The van der Waals surface area contributed by atoms with Gasteiger partial charge in [-0.25, -0.2) is 0 Å². The normalized spacial score (nSPS) is 12.9. The molecule has 0 N–H and O–H groups in total. The van der Waals surface area contributed by atoms with Crippen molar-refractivity contribution in [2.45, 2.75) is 103 Å². The lowest BCUT2D eigenvalue weighted by molar-refractivity contribution is -0.114. The van der Waals surface area contributed by atoms with Crippen molar-refractivity contribution in [2.24, 2.45) is 0 Å². The number of rotatable bonds is 23. The van der Waals surface area contributed by atoms with Crippen LogP contribution in [0.25, 0.3) is 0 Å². The zero-order valence-corrected chi connectivity index (χ0v) is 21.6. The molecule has 34 heavy (non-hydrogen) atoms.